The van der Waals surface area contributed by atoms with Crippen LogP contribution in [0.1, 0.15) is 50.2 Å². The molecule has 4 rings (SSSR count). The number of sulfonamides is 1. The Hall–Kier alpha value is -2.59. The number of nitrogens with one attached hydrogen (secondary N) is 1. The summed E-state index contributed by atoms with van der Waals surface area (Å²) in [5.74, 6) is -0.887. The first-order valence-electron chi connectivity index (χ1n) is 13.8. The minimum atomic E-state index is -4.16. The minimum absolute atomic E-state index is 0.0367. The minimum Gasteiger partial charge on any atom is -0.352 e. The lowest BCUT2D eigenvalue weighted by Gasteiger charge is -2.33. The van der Waals surface area contributed by atoms with Gasteiger partial charge in [0.05, 0.1) is 10.6 Å². The number of carbonyl (C=O) groups is 2. The molecule has 1 saturated carbocycles. The van der Waals surface area contributed by atoms with Crippen LogP contribution in [-0.4, -0.2) is 43.8 Å². The lowest BCUT2D eigenvalue weighted by Crippen LogP contribution is -2.53. The molecule has 0 spiro atoms. The molecule has 224 valence electrons. The molecule has 0 unspecified atom stereocenters. The molecule has 0 saturated heterocycles. The van der Waals surface area contributed by atoms with E-state index in [1.807, 2.05) is 6.92 Å². The molecule has 3 aromatic rings. The molecule has 1 aliphatic carbocycles. The second-order valence-electron chi connectivity index (χ2n) is 10.5. The van der Waals surface area contributed by atoms with E-state index in [-0.39, 0.29) is 23.4 Å². The molecule has 11 heteroatoms. The van der Waals surface area contributed by atoms with Crippen LogP contribution in [0.4, 0.5) is 5.69 Å². The van der Waals surface area contributed by atoms with Crippen molar-refractivity contribution < 1.29 is 18.0 Å². The number of aryl methyl sites for hydroxylation is 1. The summed E-state index contributed by atoms with van der Waals surface area (Å²) < 4.78 is 29.6. The number of halogens is 3. The molecule has 1 atom stereocenters. The maximum absolute atomic E-state index is 14.2. The van der Waals surface area contributed by atoms with Gasteiger partial charge in [0.2, 0.25) is 11.8 Å². The van der Waals surface area contributed by atoms with Crippen LogP contribution in [0.15, 0.2) is 76.1 Å². The predicted octanol–water partition coefficient (Wildman–Crippen LogP) is 7.13. The summed E-state index contributed by atoms with van der Waals surface area (Å²) in [6, 6.07) is 17.3. The van der Waals surface area contributed by atoms with Gasteiger partial charge in [-0.2, -0.15) is 0 Å². The van der Waals surface area contributed by atoms with Crippen LogP contribution in [0.5, 0.6) is 0 Å². The second kappa shape index (κ2) is 14.3. The third-order valence-electron chi connectivity index (χ3n) is 7.49. The third kappa shape index (κ3) is 7.86. The van der Waals surface area contributed by atoms with Gasteiger partial charge in [-0.05, 0) is 69.2 Å². The quantitative estimate of drug-likeness (QED) is 0.245. The molecule has 1 fully saturated rings. The van der Waals surface area contributed by atoms with Crippen molar-refractivity contribution in [1.82, 2.24) is 10.2 Å². The second-order valence-corrected chi connectivity index (χ2v) is 14.1. The van der Waals surface area contributed by atoms with E-state index < -0.39 is 28.5 Å². The standard InChI is InChI=1S/C31H34BrCl2N3O4S/c1-21-14-16-26(17-15-21)42(40,41)37(25-11-6-8-23(32)18-25)20-30(38)36(19-27-28(33)12-7-13-29(27)34)22(2)31(39)35-24-9-4-3-5-10-24/h6-8,11-18,22,24H,3-5,9-10,19-20H2,1-2H3,(H,35,39)/t22-/m1/s1. The van der Waals surface area contributed by atoms with Crippen molar-refractivity contribution in [2.75, 3.05) is 10.8 Å². The van der Waals surface area contributed by atoms with Gasteiger partial charge in [0.1, 0.15) is 12.6 Å². The topological polar surface area (TPSA) is 86.8 Å². The monoisotopic (exact) mass is 693 g/mol. The first-order valence-corrected chi connectivity index (χ1v) is 16.8. The summed E-state index contributed by atoms with van der Waals surface area (Å²) in [5.41, 5.74) is 1.68. The van der Waals surface area contributed by atoms with Gasteiger partial charge < -0.3 is 10.2 Å². The summed E-state index contributed by atoms with van der Waals surface area (Å²) in [5, 5.41) is 3.77. The lowest BCUT2D eigenvalue weighted by molar-refractivity contribution is -0.139. The average Bonchev–Trinajstić information content (AvgIpc) is 2.96. The van der Waals surface area contributed by atoms with Gasteiger partial charge in [-0.15, -0.1) is 0 Å². The van der Waals surface area contributed by atoms with E-state index in [9.17, 15) is 18.0 Å². The number of rotatable bonds is 10. The lowest BCUT2D eigenvalue weighted by atomic mass is 9.95. The van der Waals surface area contributed by atoms with Crippen LogP contribution in [0.3, 0.4) is 0 Å². The fourth-order valence-electron chi connectivity index (χ4n) is 5.00. The molecule has 0 aromatic heterocycles. The van der Waals surface area contributed by atoms with Crippen LogP contribution in [0.2, 0.25) is 10.0 Å². The number of carbonyl (C=O) groups excluding carboxylic acids is 2. The zero-order valence-electron chi connectivity index (χ0n) is 23.5. The van der Waals surface area contributed by atoms with Crippen LogP contribution in [0.25, 0.3) is 0 Å². The van der Waals surface area contributed by atoms with E-state index in [0.717, 1.165) is 42.0 Å². The van der Waals surface area contributed by atoms with E-state index in [0.29, 0.717) is 25.8 Å². The van der Waals surface area contributed by atoms with Gasteiger partial charge >= 0.3 is 0 Å². The van der Waals surface area contributed by atoms with Gasteiger partial charge in [0, 0.05) is 32.7 Å². The molecule has 0 heterocycles. The predicted molar refractivity (Wildman–Crippen MR) is 171 cm³/mol. The van der Waals surface area contributed by atoms with Crippen LogP contribution >= 0.6 is 39.1 Å². The van der Waals surface area contributed by atoms with Crippen molar-refractivity contribution in [2.45, 2.75) is 69.5 Å². The SMILES string of the molecule is Cc1ccc(S(=O)(=O)N(CC(=O)N(Cc2c(Cl)cccc2Cl)[C@H](C)C(=O)NC2CCCCC2)c2cccc(Br)c2)cc1. The Morgan fingerprint density at radius 1 is 0.976 bits per heavy atom. The molecule has 42 heavy (non-hydrogen) atoms. The number of benzene rings is 3. The molecule has 2 amide bonds. The Balaban J connectivity index is 1.71. The number of anilines is 1. The average molecular weight is 696 g/mol. The molecular weight excluding hydrogens is 661 g/mol. The summed E-state index contributed by atoms with van der Waals surface area (Å²) in [4.78, 5) is 29.0. The highest BCUT2D eigenvalue weighted by molar-refractivity contribution is 9.10. The highest BCUT2D eigenvalue weighted by atomic mass is 79.9. The fraction of sp³-hybridized carbons (Fsp3) is 0.355. The highest BCUT2D eigenvalue weighted by Crippen LogP contribution is 2.29. The van der Waals surface area contributed by atoms with Gasteiger partial charge in [-0.3, -0.25) is 13.9 Å². The first kappa shape index (κ1) is 32.3. The van der Waals surface area contributed by atoms with Crippen molar-refractivity contribution >= 4 is 66.7 Å². The number of nitrogens with zero attached hydrogens (tertiary/aromatic N) is 2. The van der Waals surface area contributed by atoms with Crippen LogP contribution in [-0.2, 0) is 26.2 Å². The smallest absolute Gasteiger partial charge is 0.264 e. The Morgan fingerprint density at radius 2 is 1.60 bits per heavy atom. The van der Waals surface area contributed by atoms with E-state index in [4.69, 9.17) is 23.2 Å². The number of hydrogen-bond acceptors (Lipinski definition) is 4. The Kier molecular flexibility index (Phi) is 11.0. The zero-order valence-corrected chi connectivity index (χ0v) is 27.4. The molecule has 3 aromatic carbocycles. The fourth-order valence-corrected chi connectivity index (χ4v) is 7.31. The Morgan fingerprint density at radius 3 is 2.21 bits per heavy atom. The molecule has 0 bridgehead atoms. The zero-order chi connectivity index (χ0) is 30.4. The van der Waals surface area contributed by atoms with Crippen LogP contribution in [0, 0.1) is 6.92 Å². The van der Waals surface area contributed by atoms with Gasteiger partial charge in [-0.1, -0.05) is 88.2 Å². The molecule has 1 aliphatic rings. The summed E-state index contributed by atoms with van der Waals surface area (Å²) in [6.45, 7) is 2.88. The van der Waals surface area contributed by atoms with E-state index in [1.165, 1.54) is 17.0 Å². The van der Waals surface area contributed by atoms with Gasteiger partial charge in [0.15, 0.2) is 0 Å². The van der Waals surface area contributed by atoms with Gasteiger partial charge in [0.25, 0.3) is 10.0 Å². The van der Waals surface area contributed by atoms with Crippen LogP contribution < -0.4 is 9.62 Å². The normalized spacial score (nSPS) is 14.7. The van der Waals surface area contributed by atoms with Crippen molar-refractivity contribution in [3.8, 4) is 0 Å². The number of hydrogen-bond donors (Lipinski definition) is 1. The van der Waals surface area contributed by atoms with Crippen molar-refractivity contribution in [3.63, 3.8) is 0 Å². The summed E-state index contributed by atoms with van der Waals surface area (Å²) in [7, 11) is -4.16. The summed E-state index contributed by atoms with van der Waals surface area (Å²) in [6.07, 6.45) is 4.98. The van der Waals surface area contributed by atoms with E-state index in [1.54, 1.807) is 61.5 Å². The molecular formula is C31H34BrCl2N3O4S. The molecule has 0 aliphatic heterocycles. The number of amides is 2. The summed E-state index contributed by atoms with van der Waals surface area (Å²) >= 11 is 16.3. The maximum atomic E-state index is 14.2. The van der Waals surface area contributed by atoms with Crippen molar-refractivity contribution in [1.29, 1.82) is 0 Å². The van der Waals surface area contributed by atoms with Crippen molar-refractivity contribution in [3.05, 3.63) is 92.4 Å². The van der Waals surface area contributed by atoms with Gasteiger partial charge in [-0.25, -0.2) is 8.42 Å². The molecule has 0 radical (unpaired) electrons. The van der Waals surface area contributed by atoms with E-state index in [2.05, 4.69) is 21.2 Å². The third-order valence-corrected chi connectivity index (χ3v) is 10.5. The largest absolute Gasteiger partial charge is 0.352 e. The van der Waals surface area contributed by atoms with Crippen molar-refractivity contribution in [2.24, 2.45) is 0 Å². The highest BCUT2D eigenvalue weighted by Gasteiger charge is 2.34. The maximum Gasteiger partial charge on any atom is 0.264 e. The Bertz CT molecular complexity index is 1510. The Labute approximate surface area is 266 Å². The first-order chi connectivity index (χ1) is 20.0. The molecule has 7 nitrogen and oxygen atoms in total. The van der Waals surface area contributed by atoms with E-state index >= 15 is 0 Å². The molecule has 1 N–H and O–H groups in total.